The van der Waals surface area contributed by atoms with Gasteiger partial charge in [-0.15, -0.1) is 0 Å². The number of fused-ring (bicyclic) bond motifs is 1. The number of carbonyl (C=O) groups excluding carboxylic acids is 1. The third-order valence-electron chi connectivity index (χ3n) is 5.68. The van der Waals surface area contributed by atoms with Crippen LogP contribution in [0, 0.1) is 0 Å². The molecule has 0 radical (unpaired) electrons. The molecule has 0 saturated carbocycles. The summed E-state index contributed by atoms with van der Waals surface area (Å²) in [5, 5.41) is 6.67. The van der Waals surface area contributed by atoms with Crippen molar-refractivity contribution in [2.75, 3.05) is 18.4 Å². The van der Waals surface area contributed by atoms with Gasteiger partial charge in [0.15, 0.2) is 17.2 Å². The van der Waals surface area contributed by atoms with E-state index in [2.05, 4.69) is 32.1 Å². The van der Waals surface area contributed by atoms with E-state index in [-0.39, 0.29) is 23.0 Å². The maximum Gasteiger partial charge on any atom is 0.417 e. The summed E-state index contributed by atoms with van der Waals surface area (Å²) in [6.45, 7) is 8.54. The molecular formula is C23H23ClF3N7O2. The molecule has 1 aliphatic heterocycles. The summed E-state index contributed by atoms with van der Waals surface area (Å²) in [5.41, 5.74) is -0.350. The molecule has 4 rings (SSSR count). The van der Waals surface area contributed by atoms with Crippen LogP contribution in [0.15, 0.2) is 45.6 Å². The van der Waals surface area contributed by atoms with E-state index >= 15 is 0 Å². The van der Waals surface area contributed by atoms with Gasteiger partial charge in [0, 0.05) is 24.7 Å². The fourth-order valence-corrected chi connectivity index (χ4v) is 4.09. The fourth-order valence-electron chi connectivity index (χ4n) is 3.83. The van der Waals surface area contributed by atoms with Crippen molar-refractivity contribution in [3.05, 3.63) is 52.6 Å². The van der Waals surface area contributed by atoms with Gasteiger partial charge in [0.1, 0.15) is 11.8 Å². The number of likely N-dealkylation sites (tertiary alicyclic amines) is 1. The van der Waals surface area contributed by atoms with Crippen LogP contribution < -0.4 is 5.32 Å². The summed E-state index contributed by atoms with van der Waals surface area (Å²) < 4.78 is 46.4. The van der Waals surface area contributed by atoms with Crippen LogP contribution in [0.2, 0.25) is 5.02 Å². The van der Waals surface area contributed by atoms with Crippen molar-refractivity contribution in [1.82, 2.24) is 24.6 Å². The van der Waals surface area contributed by atoms with Gasteiger partial charge in [-0.05, 0) is 45.5 Å². The van der Waals surface area contributed by atoms with E-state index in [1.54, 1.807) is 30.9 Å². The summed E-state index contributed by atoms with van der Waals surface area (Å²) in [4.78, 5) is 26.7. The van der Waals surface area contributed by atoms with Crippen LogP contribution in [0.25, 0.3) is 16.9 Å². The maximum atomic E-state index is 13.1. The molecule has 1 N–H and O–H groups in total. The van der Waals surface area contributed by atoms with E-state index in [9.17, 15) is 18.0 Å². The molecule has 0 aliphatic carbocycles. The highest BCUT2D eigenvalue weighted by Crippen LogP contribution is 2.37. The highest BCUT2D eigenvalue weighted by Gasteiger charge is 2.34. The normalized spacial score (nSPS) is 16.0. The Bertz CT molecular complexity index is 1350. The number of nitrogens with one attached hydrogen (secondary N) is 1. The Labute approximate surface area is 209 Å². The van der Waals surface area contributed by atoms with Crippen LogP contribution in [0.5, 0.6) is 0 Å². The number of anilines is 1. The molecule has 0 spiro atoms. The Hall–Kier alpha value is -3.67. The van der Waals surface area contributed by atoms with Gasteiger partial charge >= 0.3 is 6.18 Å². The summed E-state index contributed by atoms with van der Waals surface area (Å²) in [6, 6.07) is 1.34. The van der Waals surface area contributed by atoms with Gasteiger partial charge in [-0.1, -0.05) is 17.7 Å². The van der Waals surface area contributed by atoms with Gasteiger partial charge in [-0.25, -0.2) is 9.98 Å². The number of hydrogen-bond donors (Lipinski definition) is 1. The summed E-state index contributed by atoms with van der Waals surface area (Å²) in [7, 11) is 0. The first-order chi connectivity index (χ1) is 17.1. The summed E-state index contributed by atoms with van der Waals surface area (Å²) >= 11 is 5.76. The smallest absolute Gasteiger partial charge is 0.417 e. The largest absolute Gasteiger partial charge is 0.423 e. The zero-order valence-corrected chi connectivity index (χ0v) is 20.3. The minimum atomic E-state index is -4.62. The van der Waals surface area contributed by atoms with Crippen molar-refractivity contribution in [3.8, 4) is 0 Å². The first-order valence-electron chi connectivity index (χ1n) is 11.1. The molecule has 1 atom stereocenters. The van der Waals surface area contributed by atoms with Gasteiger partial charge in [-0.2, -0.15) is 27.9 Å². The lowest BCUT2D eigenvalue weighted by Gasteiger charge is -2.15. The highest BCUT2D eigenvalue weighted by molar-refractivity contribution is 6.32. The Morgan fingerprint density at radius 3 is 2.69 bits per heavy atom. The van der Waals surface area contributed by atoms with Crippen LogP contribution in [0.3, 0.4) is 0 Å². The van der Waals surface area contributed by atoms with Crippen molar-refractivity contribution < 1.29 is 22.4 Å². The van der Waals surface area contributed by atoms with Gasteiger partial charge in [0.25, 0.3) is 6.01 Å². The van der Waals surface area contributed by atoms with Crippen molar-refractivity contribution in [2.24, 2.45) is 4.99 Å². The van der Waals surface area contributed by atoms with E-state index in [1.807, 2.05) is 0 Å². The SMILES string of the molecule is C=N/C(=C\C=C(/C)C(=O)N1CCCC1)n1ncnc1[C@H](C)Nc1nc2cc(C(F)(F)F)c(Cl)cc2o1. The van der Waals surface area contributed by atoms with Crippen molar-refractivity contribution in [2.45, 2.75) is 38.9 Å². The van der Waals surface area contributed by atoms with E-state index in [0.717, 1.165) is 38.1 Å². The molecule has 3 aromatic rings. The molecule has 9 nitrogen and oxygen atoms in total. The van der Waals surface area contributed by atoms with E-state index in [4.69, 9.17) is 16.0 Å². The van der Waals surface area contributed by atoms with E-state index in [1.165, 1.54) is 11.0 Å². The fraction of sp³-hybridized carbons (Fsp3) is 0.348. The van der Waals surface area contributed by atoms with E-state index in [0.29, 0.717) is 17.2 Å². The molecule has 3 heterocycles. The van der Waals surface area contributed by atoms with Crippen LogP contribution in [-0.4, -0.2) is 50.4 Å². The quantitative estimate of drug-likeness (QED) is 0.256. The molecule has 0 unspecified atom stereocenters. The van der Waals surface area contributed by atoms with Crippen LogP contribution in [-0.2, 0) is 11.0 Å². The first kappa shape index (κ1) is 25.4. The number of halogens is 4. The third-order valence-corrected chi connectivity index (χ3v) is 5.99. The highest BCUT2D eigenvalue weighted by atomic mass is 35.5. The van der Waals surface area contributed by atoms with Gasteiger partial charge in [0.05, 0.1) is 16.6 Å². The van der Waals surface area contributed by atoms with Crippen molar-refractivity contribution in [1.29, 1.82) is 0 Å². The Balaban J connectivity index is 1.55. The number of aliphatic imine (C=N–C) groups is 1. The topological polar surface area (TPSA) is 101 Å². The number of allylic oxidation sites excluding steroid dienone is 2. The van der Waals surface area contributed by atoms with Crippen LogP contribution >= 0.6 is 11.6 Å². The predicted molar refractivity (Wildman–Crippen MR) is 129 cm³/mol. The van der Waals surface area contributed by atoms with Crippen molar-refractivity contribution >= 4 is 47.2 Å². The second-order valence-electron chi connectivity index (χ2n) is 8.24. The molecule has 1 fully saturated rings. The lowest BCUT2D eigenvalue weighted by molar-refractivity contribution is -0.137. The average molecular weight is 522 g/mol. The number of rotatable bonds is 7. The number of alkyl halides is 3. The maximum absolute atomic E-state index is 13.1. The molecule has 1 aromatic carbocycles. The second kappa shape index (κ2) is 10.1. The standard InChI is InChI=1S/C23H23ClF3N7O2/c1-13(21(35)33-8-4-5-9-33)6-7-19(28-3)34-20(29-12-30-34)14(2)31-22-32-17-10-15(23(25,26)27)16(24)11-18(17)36-22/h6-7,10-12,14H,3-5,8-9H2,1-2H3,(H,31,32)/b13-6+,19-7+/t14-/m0/s1. The lowest BCUT2D eigenvalue weighted by atomic mass is 10.2. The summed E-state index contributed by atoms with van der Waals surface area (Å²) in [6.07, 6.45) is 1.96. The number of aromatic nitrogens is 4. The zero-order chi connectivity index (χ0) is 26.0. The molecule has 36 heavy (non-hydrogen) atoms. The number of hydrogen-bond acceptors (Lipinski definition) is 7. The molecule has 13 heteroatoms. The van der Waals surface area contributed by atoms with Crippen LogP contribution in [0.4, 0.5) is 19.2 Å². The molecule has 1 saturated heterocycles. The molecule has 0 bridgehead atoms. The monoisotopic (exact) mass is 521 g/mol. The number of oxazole rings is 1. The van der Waals surface area contributed by atoms with Crippen molar-refractivity contribution in [3.63, 3.8) is 0 Å². The average Bonchev–Trinajstić information content (AvgIpc) is 3.58. The number of carbonyl (C=O) groups is 1. The zero-order valence-electron chi connectivity index (χ0n) is 19.5. The Morgan fingerprint density at radius 1 is 1.31 bits per heavy atom. The third kappa shape index (κ3) is 5.27. The minimum Gasteiger partial charge on any atom is -0.423 e. The minimum absolute atomic E-state index is 0.000447. The molecular weight excluding hydrogens is 499 g/mol. The molecule has 2 aromatic heterocycles. The molecule has 1 amide bonds. The Morgan fingerprint density at radius 2 is 2.03 bits per heavy atom. The van der Waals surface area contributed by atoms with E-state index < -0.39 is 22.8 Å². The molecule has 190 valence electrons. The lowest BCUT2D eigenvalue weighted by Crippen LogP contribution is -2.28. The number of amides is 1. The molecule has 1 aliphatic rings. The van der Waals surface area contributed by atoms with Gasteiger partial charge in [0.2, 0.25) is 5.91 Å². The second-order valence-corrected chi connectivity index (χ2v) is 8.65. The predicted octanol–water partition coefficient (Wildman–Crippen LogP) is 5.33. The van der Waals surface area contributed by atoms with Gasteiger partial charge in [-0.3, -0.25) is 4.79 Å². The number of nitrogens with zero attached hydrogens (tertiary/aromatic N) is 6. The first-order valence-corrected chi connectivity index (χ1v) is 11.4. The summed E-state index contributed by atoms with van der Waals surface area (Å²) in [5.74, 6) is 0.691. The van der Waals surface area contributed by atoms with Crippen LogP contribution in [0.1, 0.15) is 44.1 Å². The van der Waals surface area contributed by atoms with Gasteiger partial charge < -0.3 is 14.6 Å². The Kier molecular flexibility index (Phi) is 7.16. The number of benzene rings is 1.